The summed E-state index contributed by atoms with van der Waals surface area (Å²) < 4.78 is 0. The van der Waals surface area contributed by atoms with Crippen LogP contribution in [0.2, 0.25) is 0 Å². The van der Waals surface area contributed by atoms with Crippen LogP contribution in [0.25, 0.3) is 0 Å². The van der Waals surface area contributed by atoms with Crippen LogP contribution in [0, 0.1) is 0 Å². The van der Waals surface area contributed by atoms with Crippen molar-refractivity contribution in [1.82, 2.24) is 15.2 Å². The van der Waals surface area contributed by atoms with Gasteiger partial charge in [0.1, 0.15) is 10.7 Å². The van der Waals surface area contributed by atoms with E-state index in [-0.39, 0.29) is 30.9 Å². The highest BCUT2D eigenvalue weighted by atomic mass is 35.5. The van der Waals surface area contributed by atoms with Crippen LogP contribution < -0.4 is 10.6 Å². The number of hydrogen-bond acceptors (Lipinski definition) is 7. The Morgan fingerprint density at radius 2 is 2.00 bits per heavy atom. The molecule has 1 fully saturated rings. The number of anilines is 2. The molecule has 1 unspecified atom stereocenters. The van der Waals surface area contributed by atoms with E-state index in [2.05, 4.69) is 35.4 Å². The highest BCUT2D eigenvalue weighted by molar-refractivity contribution is 7.16. The summed E-state index contributed by atoms with van der Waals surface area (Å²) >= 11 is 1.71. The molecule has 0 aliphatic carbocycles. The Labute approximate surface area is 195 Å². The summed E-state index contributed by atoms with van der Waals surface area (Å²) in [6.45, 7) is 10.6. The number of thiazole rings is 1. The lowest BCUT2D eigenvalue weighted by Crippen LogP contribution is -2.54. The molecule has 3 N–H and O–H groups in total. The van der Waals surface area contributed by atoms with Crippen molar-refractivity contribution in [3.63, 3.8) is 0 Å². The highest BCUT2D eigenvalue weighted by Gasteiger charge is 2.31. The number of para-hydroxylation sites is 2. The number of fused-ring (bicyclic) bond motifs is 2. The van der Waals surface area contributed by atoms with Gasteiger partial charge in [0, 0.05) is 31.6 Å². The molecule has 0 spiro atoms. The standard InChI is InChI=1S/C21H29N5OS.2ClH/c1-13(2)19-25-17-18(26-10-9-22-14(12-26)11-21(3,4)27)23-15-7-5-6-8-16(15)24-20(17)28-19;;/h5-8,13-14,22,24,27H,9-12H2,1-4H3;2*1H. The van der Waals surface area contributed by atoms with Crippen molar-refractivity contribution < 1.29 is 5.11 Å². The van der Waals surface area contributed by atoms with E-state index < -0.39 is 5.60 Å². The number of halogens is 2. The minimum Gasteiger partial charge on any atom is -0.390 e. The summed E-state index contributed by atoms with van der Waals surface area (Å²) in [5.41, 5.74) is 2.19. The van der Waals surface area contributed by atoms with Gasteiger partial charge >= 0.3 is 0 Å². The Kier molecular flexibility index (Phi) is 8.15. The molecular formula is C21H31Cl2N5OS. The Morgan fingerprint density at radius 3 is 2.70 bits per heavy atom. The summed E-state index contributed by atoms with van der Waals surface area (Å²) in [6, 6.07) is 8.37. The Hall–Kier alpha value is -1.38. The second kappa shape index (κ2) is 9.83. The first-order chi connectivity index (χ1) is 13.3. The van der Waals surface area contributed by atoms with Gasteiger partial charge in [-0.25, -0.2) is 9.98 Å². The van der Waals surface area contributed by atoms with Crippen LogP contribution in [-0.2, 0) is 0 Å². The molecule has 166 valence electrons. The van der Waals surface area contributed by atoms with Gasteiger partial charge in [-0.05, 0) is 32.4 Å². The molecular weight excluding hydrogens is 441 g/mol. The Morgan fingerprint density at radius 1 is 1.27 bits per heavy atom. The van der Waals surface area contributed by atoms with Gasteiger partial charge in [0.2, 0.25) is 0 Å². The van der Waals surface area contributed by atoms with Crippen LogP contribution >= 0.6 is 36.2 Å². The van der Waals surface area contributed by atoms with Gasteiger partial charge in [0.15, 0.2) is 5.84 Å². The van der Waals surface area contributed by atoms with Gasteiger partial charge < -0.3 is 20.6 Å². The third-order valence-electron chi connectivity index (χ3n) is 5.03. The fraction of sp³-hybridized carbons (Fsp3) is 0.524. The van der Waals surface area contributed by atoms with Crippen LogP contribution in [0.1, 0.15) is 50.7 Å². The molecule has 0 amide bonds. The number of piperazine rings is 1. The Bertz CT molecular complexity index is 894. The van der Waals surface area contributed by atoms with Crippen molar-refractivity contribution in [2.75, 3.05) is 25.0 Å². The molecule has 9 heteroatoms. The number of rotatable bonds is 3. The van der Waals surface area contributed by atoms with Gasteiger partial charge in [-0.15, -0.1) is 36.2 Å². The third kappa shape index (κ3) is 5.45. The topological polar surface area (TPSA) is 72.8 Å². The monoisotopic (exact) mass is 471 g/mol. The molecule has 6 nitrogen and oxygen atoms in total. The van der Waals surface area contributed by atoms with E-state index in [9.17, 15) is 5.11 Å². The second-order valence-corrected chi connectivity index (χ2v) is 9.61. The average Bonchev–Trinajstić information content (AvgIpc) is 2.97. The van der Waals surface area contributed by atoms with Gasteiger partial charge in [0.25, 0.3) is 0 Å². The quantitative estimate of drug-likeness (QED) is 0.605. The van der Waals surface area contributed by atoms with Gasteiger partial charge in [-0.3, -0.25) is 0 Å². The largest absolute Gasteiger partial charge is 0.390 e. The molecule has 4 rings (SSSR count). The number of benzene rings is 1. The number of nitrogens with one attached hydrogen (secondary N) is 2. The average molecular weight is 472 g/mol. The number of aliphatic imine (C=N–C) groups is 1. The minimum atomic E-state index is -0.698. The van der Waals surface area contributed by atoms with Crippen molar-refractivity contribution in [2.24, 2.45) is 4.99 Å². The summed E-state index contributed by atoms with van der Waals surface area (Å²) in [7, 11) is 0. The molecule has 1 saturated heterocycles. The van der Waals surface area contributed by atoms with E-state index in [0.717, 1.165) is 52.5 Å². The number of hydrogen-bond donors (Lipinski definition) is 3. The maximum atomic E-state index is 10.3. The van der Waals surface area contributed by atoms with Crippen LogP contribution in [-0.4, -0.2) is 52.1 Å². The zero-order valence-corrected chi connectivity index (χ0v) is 20.3. The maximum Gasteiger partial charge on any atom is 0.158 e. The molecule has 0 radical (unpaired) electrons. The fourth-order valence-corrected chi connectivity index (χ4v) is 4.74. The molecule has 0 bridgehead atoms. The molecule has 2 aromatic rings. The van der Waals surface area contributed by atoms with Crippen molar-refractivity contribution >= 4 is 58.4 Å². The zero-order chi connectivity index (χ0) is 19.9. The third-order valence-corrected chi connectivity index (χ3v) is 6.30. The number of amidine groups is 1. The van der Waals surface area contributed by atoms with E-state index in [1.54, 1.807) is 11.3 Å². The smallest absolute Gasteiger partial charge is 0.158 e. The molecule has 1 atom stereocenters. The van der Waals surface area contributed by atoms with E-state index in [1.165, 1.54) is 0 Å². The predicted octanol–water partition coefficient (Wildman–Crippen LogP) is 4.68. The maximum absolute atomic E-state index is 10.3. The normalized spacial score (nSPS) is 18.3. The lowest BCUT2D eigenvalue weighted by atomic mass is 9.97. The Balaban J connectivity index is 0.00000160. The fourth-order valence-electron chi connectivity index (χ4n) is 3.76. The lowest BCUT2D eigenvalue weighted by Gasteiger charge is -2.37. The second-order valence-electron chi connectivity index (χ2n) is 8.58. The summed E-state index contributed by atoms with van der Waals surface area (Å²) in [6.07, 6.45) is 0.701. The van der Waals surface area contributed by atoms with E-state index in [1.807, 2.05) is 32.0 Å². The highest BCUT2D eigenvalue weighted by Crippen LogP contribution is 2.39. The summed E-state index contributed by atoms with van der Waals surface area (Å²) in [5, 5.41) is 19.5. The first-order valence-corrected chi connectivity index (χ1v) is 10.8. The molecule has 2 aliphatic rings. The van der Waals surface area contributed by atoms with Crippen molar-refractivity contribution in [3.8, 4) is 0 Å². The zero-order valence-electron chi connectivity index (χ0n) is 17.8. The van der Waals surface area contributed by atoms with Crippen LogP contribution in [0.5, 0.6) is 0 Å². The summed E-state index contributed by atoms with van der Waals surface area (Å²) in [5.74, 6) is 1.30. The van der Waals surface area contributed by atoms with Gasteiger partial charge in [0.05, 0.1) is 22.0 Å². The van der Waals surface area contributed by atoms with E-state index in [4.69, 9.17) is 9.98 Å². The SMILES string of the molecule is CC(C)c1nc2c(s1)Nc1ccccc1N=C2N1CCNC(CC(C)(C)O)C1.Cl.Cl. The van der Waals surface area contributed by atoms with Crippen LogP contribution in [0.15, 0.2) is 29.3 Å². The molecule has 30 heavy (non-hydrogen) atoms. The van der Waals surface area contributed by atoms with Crippen molar-refractivity contribution in [1.29, 1.82) is 0 Å². The predicted molar refractivity (Wildman–Crippen MR) is 131 cm³/mol. The first kappa shape index (κ1) is 24.9. The number of aliphatic hydroxyl groups is 1. The molecule has 1 aromatic carbocycles. The first-order valence-electron chi connectivity index (χ1n) is 9.97. The van der Waals surface area contributed by atoms with Crippen molar-refractivity contribution in [2.45, 2.75) is 51.7 Å². The number of aromatic nitrogens is 1. The van der Waals surface area contributed by atoms with E-state index >= 15 is 0 Å². The molecule has 0 saturated carbocycles. The number of nitrogens with zero attached hydrogens (tertiary/aromatic N) is 3. The summed E-state index contributed by atoms with van der Waals surface area (Å²) in [4.78, 5) is 12.3. The van der Waals surface area contributed by atoms with Gasteiger partial charge in [-0.1, -0.05) is 26.0 Å². The van der Waals surface area contributed by atoms with E-state index in [0.29, 0.717) is 12.3 Å². The molecule has 3 heterocycles. The molecule has 2 aliphatic heterocycles. The van der Waals surface area contributed by atoms with Gasteiger partial charge in [-0.2, -0.15) is 0 Å². The van der Waals surface area contributed by atoms with Crippen LogP contribution in [0.3, 0.4) is 0 Å². The lowest BCUT2D eigenvalue weighted by molar-refractivity contribution is 0.0524. The van der Waals surface area contributed by atoms with Crippen molar-refractivity contribution in [3.05, 3.63) is 35.0 Å². The minimum absolute atomic E-state index is 0. The van der Waals surface area contributed by atoms with Crippen LogP contribution in [0.4, 0.5) is 16.4 Å². The molecule has 1 aromatic heterocycles.